The third-order valence-electron chi connectivity index (χ3n) is 10.0. The molecule has 1 aromatic carbocycles. The van der Waals surface area contributed by atoms with Gasteiger partial charge in [0.25, 0.3) is 0 Å². The number of hydrogen-bond acceptors (Lipinski definition) is 1. The van der Waals surface area contributed by atoms with E-state index in [1.165, 1.54) is 107 Å². The van der Waals surface area contributed by atoms with E-state index in [2.05, 4.69) is 43.9 Å². The molecule has 2 nitrogen and oxygen atoms in total. The molecule has 3 aliphatic rings. The number of nitrogens with one attached hydrogen (secondary N) is 1. The summed E-state index contributed by atoms with van der Waals surface area (Å²) in [5.41, 5.74) is 4.66. The summed E-state index contributed by atoms with van der Waals surface area (Å²) in [5.74, 6) is 4.45. The van der Waals surface area contributed by atoms with Crippen molar-refractivity contribution in [1.82, 2.24) is 5.32 Å². The Balaban J connectivity index is 1.22. The first-order valence-electron chi connectivity index (χ1n) is 15.1. The number of carbonyl (C=O) groups excluding carboxylic acids is 1. The molecule has 0 radical (unpaired) electrons. The fraction of sp³-hybridized carbons (Fsp3) is 0.727. The zero-order valence-corrected chi connectivity index (χ0v) is 22.7. The summed E-state index contributed by atoms with van der Waals surface area (Å²) < 4.78 is 0. The normalized spacial score (nSPS) is 31.6. The summed E-state index contributed by atoms with van der Waals surface area (Å²) in [5, 5.41) is 3.09. The second-order valence-corrected chi connectivity index (χ2v) is 12.3. The van der Waals surface area contributed by atoms with Crippen LogP contribution in [0.2, 0.25) is 0 Å². The van der Waals surface area contributed by atoms with E-state index < -0.39 is 0 Å². The van der Waals surface area contributed by atoms with Gasteiger partial charge < -0.3 is 5.32 Å². The lowest BCUT2D eigenvalue weighted by molar-refractivity contribution is -0.117. The Morgan fingerprint density at radius 1 is 0.886 bits per heavy atom. The lowest BCUT2D eigenvalue weighted by atomic mass is 9.67. The van der Waals surface area contributed by atoms with Crippen molar-refractivity contribution in [2.24, 2.45) is 17.8 Å². The van der Waals surface area contributed by atoms with Gasteiger partial charge in [-0.2, -0.15) is 0 Å². The Morgan fingerprint density at radius 3 is 2.11 bits per heavy atom. The maximum atomic E-state index is 11.6. The van der Waals surface area contributed by atoms with Crippen LogP contribution in [0.3, 0.4) is 0 Å². The van der Waals surface area contributed by atoms with Crippen LogP contribution in [0.15, 0.2) is 30.9 Å². The van der Waals surface area contributed by atoms with Crippen molar-refractivity contribution in [2.75, 3.05) is 0 Å². The molecule has 0 unspecified atom stereocenters. The van der Waals surface area contributed by atoms with E-state index in [0.717, 1.165) is 36.5 Å². The van der Waals surface area contributed by atoms with Crippen molar-refractivity contribution < 1.29 is 4.79 Å². The predicted molar refractivity (Wildman–Crippen MR) is 149 cm³/mol. The molecule has 1 aromatic rings. The van der Waals surface area contributed by atoms with Crippen molar-refractivity contribution in [3.63, 3.8) is 0 Å². The molecule has 35 heavy (non-hydrogen) atoms. The highest BCUT2D eigenvalue weighted by molar-refractivity contribution is 5.87. The molecule has 1 N–H and O–H groups in total. The summed E-state index contributed by atoms with van der Waals surface area (Å²) in [6.07, 6.45) is 23.4. The number of hydrogen-bond donors (Lipinski definition) is 1. The predicted octanol–water partition coefficient (Wildman–Crippen LogP) is 8.98. The van der Waals surface area contributed by atoms with Crippen LogP contribution in [0.5, 0.6) is 0 Å². The number of carbonyl (C=O) groups is 1. The van der Waals surface area contributed by atoms with Gasteiger partial charge in [-0.3, -0.25) is 4.79 Å². The van der Waals surface area contributed by atoms with Crippen molar-refractivity contribution in [3.8, 4) is 0 Å². The zero-order valence-electron chi connectivity index (χ0n) is 22.7. The molecule has 3 saturated carbocycles. The minimum Gasteiger partial charge on any atom is -0.350 e. The van der Waals surface area contributed by atoms with Crippen LogP contribution in [-0.4, -0.2) is 11.9 Å². The number of unbranched alkanes of at least 4 members (excludes halogenated alkanes) is 2. The molecule has 0 aromatic heterocycles. The van der Waals surface area contributed by atoms with E-state index in [-0.39, 0.29) is 5.91 Å². The topological polar surface area (TPSA) is 29.1 Å². The van der Waals surface area contributed by atoms with Crippen LogP contribution in [0.1, 0.15) is 138 Å². The van der Waals surface area contributed by atoms with Crippen LogP contribution < -0.4 is 5.32 Å². The van der Waals surface area contributed by atoms with Gasteiger partial charge in [0, 0.05) is 6.04 Å². The molecule has 3 aliphatic carbocycles. The van der Waals surface area contributed by atoms with Crippen LogP contribution in [0.25, 0.3) is 0 Å². The number of amides is 1. The second kappa shape index (κ2) is 13.1. The van der Waals surface area contributed by atoms with Gasteiger partial charge in [-0.25, -0.2) is 0 Å². The van der Waals surface area contributed by atoms with E-state index >= 15 is 0 Å². The standard InChI is InChI=1S/C33H51NO/c1-4-6-7-8-25-9-11-26(12-10-25)27-13-15-29(16-14-27)32-22-19-30(23-24(32)3)28-17-20-31(21-18-28)34-33(35)5-2/h5,19,22-23,25-29,31H,2,4,6-18,20-21H2,1,3H3,(H,34,35). The summed E-state index contributed by atoms with van der Waals surface area (Å²) in [7, 11) is 0. The molecular formula is C33H51NO. The van der Waals surface area contributed by atoms with E-state index in [4.69, 9.17) is 0 Å². The van der Waals surface area contributed by atoms with Crippen molar-refractivity contribution in [1.29, 1.82) is 0 Å². The molecule has 1 amide bonds. The third kappa shape index (κ3) is 7.23. The Morgan fingerprint density at radius 2 is 1.51 bits per heavy atom. The number of aryl methyl sites for hydroxylation is 1. The maximum absolute atomic E-state index is 11.6. The summed E-state index contributed by atoms with van der Waals surface area (Å²) in [6.45, 7) is 8.25. The minimum absolute atomic E-state index is 0.0292. The fourth-order valence-electron chi connectivity index (χ4n) is 7.78. The molecule has 3 fully saturated rings. The highest BCUT2D eigenvalue weighted by Gasteiger charge is 2.32. The first kappa shape index (κ1) is 26.5. The number of benzene rings is 1. The first-order chi connectivity index (χ1) is 17.1. The van der Waals surface area contributed by atoms with Gasteiger partial charge in [-0.15, -0.1) is 0 Å². The quantitative estimate of drug-likeness (QED) is 0.279. The van der Waals surface area contributed by atoms with Crippen LogP contribution in [0, 0.1) is 24.7 Å². The molecule has 194 valence electrons. The molecule has 2 heteroatoms. The Bertz CT molecular complexity index is 804. The Labute approximate surface area is 215 Å². The van der Waals surface area contributed by atoms with Crippen LogP contribution in [-0.2, 0) is 4.79 Å². The average molecular weight is 478 g/mol. The van der Waals surface area contributed by atoms with Gasteiger partial charge in [0.2, 0.25) is 5.91 Å². The summed E-state index contributed by atoms with van der Waals surface area (Å²) in [6, 6.07) is 7.72. The highest BCUT2D eigenvalue weighted by Crippen LogP contribution is 2.45. The van der Waals surface area contributed by atoms with Gasteiger partial charge in [-0.05, 0) is 123 Å². The lowest BCUT2D eigenvalue weighted by Gasteiger charge is -2.38. The maximum Gasteiger partial charge on any atom is 0.243 e. The molecule has 0 saturated heterocycles. The van der Waals surface area contributed by atoms with Crippen molar-refractivity contribution in [3.05, 3.63) is 47.5 Å². The average Bonchev–Trinajstić information content (AvgIpc) is 2.90. The molecule has 0 bridgehead atoms. The van der Waals surface area contributed by atoms with Crippen LogP contribution >= 0.6 is 0 Å². The fourth-order valence-corrected chi connectivity index (χ4v) is 7.78. The smallest absolute Gasteiger partial charge is 0.243 e. The van der Waals surface area contributed by atoms with Crippen molar-refractivity contribution >= 4 is 5.91 Å². The Kier molecular flexibility index (Phi) is 9.92. The minimum atomic E-state index is -0.0292. The van der Waals surface area contributed by atoms with E-state index in [0.29, 0.717) is 12.0 Å². The largest absolute Gasteiger partial charge is 0.350 e. The lowest BCUT2D eigenvalue weighted by Crippen LogP contribution is -2.36. The highest BCUT2D eigenvalue weighted by atomic mass is 16.1. The van der Waals surface area contributed by atoms with E-state index in [1.807, 2.05) is 0 Å². The SMILES string of the molecule is C=CC(=O)NC1CCC(c2ccc(C3CCC(C4CCC(CCCCC)CC4)CC3)c(C)c2)CC1. The van der Waals surface area contributed by atoms with Gasteiger partial charge in [0.15, 0.2) is 0 Å². The number of rotatable bonds is 9. The van der Waals surface area contributed by atoms with Gasteiger partial charge in [-0.1, -0.05) is 70.2 Å². The van der Waals surface area contributed by atoms with E-state index in [1.54, 1.807) is 5.56 Å². The second-order valence-electron chi connectivity index (χ2n) is 12.3. The molecular weight excluding hydrogens is 426 g/mol. The Hall–Kier alpha value is -1.57. The summed E-state index contributed by atoms with van der Waals surface area (Å²) >= 11 is 0. The molecule has 0 atom stereocenters. The monoisotopic (exact) mass is 477 g/mol. The van der Waals surface area contributed by atoms with Gasteiger partial charge in [0.05, 0.1) is 0 Å². The van der Waals surface area contributed by atoms with Gasteiger partial charge >= 0.3 is 0 Å². The van der Waals surface area contributed by atoms with Crippen molar-refractivity contribution in [2.45, 2.75) is 134 Å². The van der Waals surface area contributed by atoms with Crippen LogP contribution in [0.4, 0.5) is 0 Å². The summed E-state index contributed by atoms with van der Waals surface area (Å²) in [4.78, 5) is 11.6. The third-order valence-corrected chi connectivity index (χ3v) is 10.0. The zero-order chi connectivity index (χ0) is 24.6. The molecule has 0 aliphatic heterocycles. The van der Waals surface area contributed by atoms with Gasteiger partial charge in [0.1, 0.15) is 0 Å². The van der Waals surface area contributed by atoms with E-state index in [9.17, 15) is 4.79 Å². The first-order valence-corrected chi connectivity index (χ1v) is 15.1. The molecule has 0 heterocycles. The molecule has 0 spiro atoms. The molecule has 4 rings (SSSR count).